The van der Waals surface area contributed by atoms with Crippen molar-refractivity contribution in [2.75, 3.05) is 17.3 Å². The van der Waals surface area contributed by atoms with E-state index in [9.17, 15) is 4.79 Å². The van der Waals surface area contributed by atoms with Gasteiger partial charge in [0.15, 0.2) is 5.82 Å². The molecule has 0 bridgehead atoms. The molecule has 1 heterocycles. The number of nitriles is 2. The van der Waals surface area contributed by atoms with Gasteiger partial charge in [0.05, 0.1) is 18.2 Å². The molecule has 0 radical (unpaired) electrons. The van der Waals surface area contributed by atoms with E-state index in [0.29, 0.717) is 12.1 Å². The SMILES string of the molecule is CSCCCC(=O)Nc1n[nH]c(CC#N)c1C#N. The van der Waals surface area contributed by atoms with Gasteiger partial charge >= 0.3 is 0 Å². The summed E-state index contributed by atoms with van der Waals surface area (Å²) in [5, 5.41) is 26.5. The average Bonchev–Trinajstić information content (AvgIpc) is 2.72. The zero-order valence-electron chi connectivity index (χ0n) is 9.99. The summed E-state index contributed by atoms with van der Waals surface area (Å²) in [4.78, 5) is 11.6. The molecule has 0 aliphatic carbocycles. The number of amides is 1. The van der Waals surface area contributed by atoms with Crippen LogP contribution in [0.5, 0.6) is 0 Å². The van der Waals surface area contributed by atoms with Crippen LogP contribution in [0.15, 0.2) is 0 Å². The number of anilines is 1. The lowest BCUT2D eigenvalue weighted by Gasteiger charge is -2.01. The van der Waals surface area contributed by atoms with Gasteiger partial charge in [-0.3, -0.25) is 9.89 Å². The lowest BCUT2D eigenvalue weighted by atomic mass is 10.2. The Kier molecular flexibility index (Phi) is 5.75. The lowest BCUT2D eigenvalue weighted by Crippen LogP contribution is -2.12. The van der Waals surface area contributed by atoms with Gasteiger partial charge in [0.1, 0.15) is 11.6 Å². The maximum atomic E-state index is 11.6. The highest BCUT2D eigenvalue weighted by atomic mass is 32.2. The predicted octanol–water partition coefficient (Wildman–Crippen LogP) is 1.43. The lowest BCUT2D eigenvalue weighted by molar-refractivity contribution is -0.116. The molecular formula is C11H13N5OS. The number of aromatic amines is 1. The van der Waals surface area contributed by atoms with E-state index in [4.69, 9.17) is 10.5 Å². The van der Waals surface area contributed by atoms with E-state index in [1.165, 1.54) is 0 Å². The number of hydrogen-bond donors (Lipinski definition) is 2. The van der Waals surface area contributed by atoms with Crippen molar-refractivity contribution >= 4 is 23.5 Å². The van der Waals surface area contributed by atoms with Crippen molar-refractivity contribution in [1.29, 1.82) is 10.5 Å². The van der Waals surface area contributed by atoms with E-state index in [1.807, 2.05) is 18.4 Å². The first-order valence-electron chi connectivity index (χ1n) is 5.36. The summed E-state index contributed by atoms with van der Waals surface area (Å²) < 4.78 is 0. The molecule has 0 unspecified atom stereocenters. The molecule has 1 amide bonds. The minimum atomic E-state index is -0.171. The molecule has 2 N–H and O–H groups in total. The van der Waals surface area contributed by atoms with Gasteiger partial charge in [-0.25, -0.2) is 0 Å². The summed E-state index contributed by atoms with van der Waals surface area (Å²) in [5.74, 6) is 0.950. The summed E-state index contributed by atoms with van der Waals surface area (Å²) >= 11 is 1.68. The molecular weight excluding hydrogens is 250 g/mol. The van der Waals surface area contributed by atoms with E-state index in [0.717, 1.165) is 12.2 Å². The molecule has 0 aliphatic rings. The number of thioether (sulfide) groups is 1. The minimum Gasteiger partial charge on any atom is -0.308 e. The molecule has 0 fully saturated rings. The van der Waals surface area contributed by atoms with Gasteiger partial charge in [-0.1, -0.05) is 0 Å². The van der Waals surface area contributed by atoms with Crippen LogP contribution in [0.1, 0.15) is 24.1 Å². The van der Waals surface area contributed by atoms with Crippen molar-refractivity contribution < 1.29 is 4.79 Å². The van der Waals surface area contributed by atoms with Crippen molar-refractivity contribution in [3.05, 3.63) is 11.3 Å². The Morgan fingerprint density at radius 3 is 2.94 bits per heavy atom. The zero-order valence-corrected chi connectivity index (χ0v) is 10.8. The van der Waals surface area contributed by atoms with Gasteiger partial charge in [0.2, 0.25) is 5.91 Å². The topological polar surface area (TPSA) is 105 Å². The quantitative estimate of drug-likeness (QED) is 0.755. The van der Waals surface area contributed by atoms with Crippen LogP contribution in [0.3, 0.4) is 0 Å². The van der Waals surface area contributed by atoms with Gasteiger partial charge in [0, 0.05) is 6.42 Å². The Hall–Kier alpha value is -1.99. The van der Waals surface area contributed by atoms with Crippen LogP contribution in [-0.4, -0.2) is 28.1 Å². The molecule has 94 valence electrons. The third-order valence-electron chi connectivity index (χ3n) is 2.22. The van der Waals surface area contributed by atoms with Crippen LogP contribution in [0.4, 0.5) is 5.82 Å². The largest absolute Gasteiger partial charge is 0.308 e. The van der Waals surface area contributed by atoms with Crippen molar-refractivity contribution in [1.82, 2.24) is 10.2 Å². The highest BCUT2D eigenvalue weighted by Crippen LogP contribution is 2.16. The molecule has 0 saturated carbocycles. The summed E-state index contributed by atoms with van der Waals surface area (Å²) in [6.45, 7) is 0. The van der Waals surface area contributed by atoms with Crippen LogP contribution in [0.2, 0.25) is 0 Å². The van der Waals surface area contributed by atoms with Gasteiger partial charge < -0.3 is 5.32 Å². The maximum Gasteiger partial charge on any atom is 0.225 e. The third kappa shape index (κ3) is 3.79. The van der Waals surface area contributed by atoms with Gasteiger partial charge in [-0.2, -0.15) is 27.4 Å². The molecule has 0 atom stereocenters. The Labute approximate surface area is 109 Å². The molecule has 6 nitrogen and oxygen atoms in total. The highest BCUT2D eigenvalue weighted by molar-refractivity contribution is 7.98. The molecule has 0 saturated heterocycles. The van der Waals surface area contributed by atoms with Crippen LogP contribution in [0.25, 0.3) is 0 Å². The number of nitrogens with one attached hydrogen (secondary N) is 2. The first-order chi connectivity index (χ1) is 8.72. The number of H-pyrrole nitrogens is 1. The summed E-state index contributed by atoms with van der Waals surface area (Å²) in [6.07, 6.45) is 3.22. The highest BCUT2D eigenvalue weighted by Gasteiger charge is 2.14. The molecule has 1 aromatic heterocycles. The number of carbonyl (C=O) groups excluding carboxylic acids is 1. The van der Waals surface area contributed by atoms with Crippen LogP contribution in [0, 0.1) is 22.7 Å². The van der Waals surface area contributed by atoms with E-state index in [-0.39, 0.29) is 23.7 Å². The van der Waals surface area contributed by atoms with Crippen molar-refractivity contribution in [3.63, 3.8) is 0 Å². The maximum absolute atomic E-state index is 11.6. The van der Waals surface area contributed by atoms with Gasteiger partial charge in [0.25, 0.3) is 0 Å². The second-order valence-corrected chi connectivity index (χ2v) is 4.50. The second kappa shape index (κ2) is 7.36. The van der Waals surface area contributed by atoms with E-state index < -0.39 is 0 Å². The number of rotatable bonds is 6. The summed E-state index contributed by atoms with van der Waals surface area (Å²) in [6, 6.07) is 3.87. The number of hydrogen-bond acceptors (Lipinski definition) is 5. The van der Waals surface area contributed by atoms with E-state index in [1.54, 1.807) is 11.8 Å². The van der Waals surface area contributed by atoms with Gasteiger partial charge in [-0.15, -0.1) is 0 Å². The molecule has 0 spiro atoms. The molecule has 1 rings (SSSR count). The summed E-state index contributed by atoms with van der Waals surface area (Å²) in [7, 11) is 0. The fourth-order valence-corrected chi connectivity index (χ4v) is 1.80. The molecule has 0 aliphatic heterocycles. The Morgan fingerprint density at radius 1 is 1.56 bits per heavy atom. The Balaban J connectivity index is 2.65. The normalized spacial score (nSPS) is 9.50. The second-order valence-electron chi connectivity index (χ2n) is 3.52. The van der Waals surface area contributed by atoms with Crippen LogP contribution in [-0.2, 0) is 11.2 Å². The third-order valence-corrected chi connectivity index (χ3v) is 2.92. The standard InChI is InChI=1S/C11H13N5OS/c1-18-6-2-3-10(17)14-11-8(7-13)9(4-5-12)15-16-11/h2-4,6H2,1H3,(H2,14,15,16,17). The van der Waals surface area contributed by atoms with Crippen molar-refractivity contribution in [2.24, 2.45) is 0 Å². The smallest absolute Gasteiger partial charge is 0.225 e. The van der Waals surface area contributed by atoms with Crippen LogP contribution < -0.4 is 5.32 Å². The Bertz CT molecular complexity index is 497. The van der Waals surface area contributed by atoms with Crippen molar-refractivity contribution in [3.8, 4) is 12.1 Å². The average molecular weight is 263 g/mol. The molecule has 7 heteroatoms. The monoisotopic (exact) mass is 263 g/mol. The van der Waals surface area contributed by atoms with E-state index in [2.05, 4.69) is 15.5 Å². The number of carbonyl (C=O) groups is 1. The first kappa shape index (κ1) is 14.1. The number of aromatic nitrogens is 2. The Morgan fingerprint density at radius 2 is 2.33 bits per heavy atom. The number of nitrogens with zero attached hydrogens (tertiary/aromatic N) is 3. The predicted molar refractivity (Wildman–Crippen MR) is 68.9 cm³/mol. The van der Waals surface area contributed by atoms with Crippen LogP contribution >= 0.6 is 11.8 Å². The van der Waals surface area contributed by atoms with Crippen molar-refractivity contribution in [2.45, 2.75) is 19.3 Å². The minimum absolute atomic E-state index is 0.0677. The van der Waals surface area contributed by atoms with E-state index >= 15 is 0 Å². The molecule has 0 aromatic carbocycles. The first-order valence-corrected chi connectivity index (χ1v) is 6.75. The zero-order chi connectivity index (χ0) is 13.4. The van der Waals surface area contributed by atoms with Gasteiger partial charge in [-0.05, 0) is 18.4 Å². The summed E-state index contributed by atoms with van der Waals surface area (Å²) in [5.41, 5.74) is 0.661. The molecule has 18 heavy (non-hydrogen) atoms. The fourth-order valence-electron chi connectivity index (χ4n) is 1.37. The molecule has 1 aromatic rings. The fraction of sp³-hybridized carbons (Fsp3) is 0.455.